The van der Waals surface area contributed by atoms with Gasteiger partial charge in [-0.25, -0.2) is 4.79 Å². The van der Waals surface area contributed by atoms with E-state index in [1.54, 1.807) is 60.7 Å². The number of amides is 1. The Hall–Kier alpha value is -3.57. The molecule has 1 amide bonds. The van der Waals surface area contributed by atoms with Crippen LogP contribution in [0.5, 0.6) is 5.75 Å². The van der Waals surface area contributed by atoms with E-state index < -0.39 is 11.9 Å². The zero-order valence-corrected chi connectivity index (χ0v) is 16.1. The van der Waals surface area contributed by atoms with Crippen LogP contribution in [0.4, 0.5) is 0 Å². The maximum absolute atomic E-state index is 12.2. The summed E-state index contributed by atoms with van der Waals surface area (Å²) in [6.45, 7) is 0.364. The van der Waals surface area contributed by atoms with Crippen LogP contribution in [0.25, 0.3) is 6.08 Å². The lowest BCUT2D eigenvalue weighted by Crippen LogP contribution is -2.27. The van der Waals surface area contributed by atoms with Crippen LogP contribution in [0.15, 0.2) is 84.6 Å². The number of hydrogen-bond donors (Lipinski definition) is 2. The maximum atomic E-state index is 12.2. The first kappa shape index (κ1) is 20.2. The Labute approximate surface area is 173 Å². The molecule has 2 N–H and O–H groups in total. The van der Waals surface area contributed by atoms with Gasteiger partial charge in [0.25, 0.3) is 5.91 Å². The van der Waals surface area contributed by atoms with E-state index in [1.165, 1.54) is 6.08 Å². The summed E-state index contributed by atoms with van der Waals surface area (Å²) in [4.78, 5) is 23.7. The normalized spacial score (nSPS) is 11.0. The van der Waals surface area contributed by atoms with Crippen LogP contribution < -0.4 is 10.1 Å². The fourth-order valence-electron chi connectivity index (χ4n) is 2.56. The molecule has 0 heterocycles. The van der Waals surface area contributed by atoms with Gasteiger partial charge in [0, 0.05) is 10.6 Å². The highest BCUT2D eigenvalue weighted by molar-refractivity contribution is 6.30. The van der Waals surface area contributed by atoms with Gasteiger partial charge in [-0.2, -0.15) is 0 Å². The van der Waals surface area contributed by atoms with Gasteiger partial charge in [0.2, 0.25) is 0 Å². The topological polar surface area (TPSA) is 75.6 Å². The van der Waals surface area contributed by atoms with Crippen molar-refractivity contribution in [1.82, 2.24) is 5.32 Å². The zero-order chi connectivity index (χ0) is 20.6. The molecule has 0 aliphatic heterocycles. The lowest BCUT2D eigenvalue weighted by atomic mass is 10.1. The summed E-state index contributed by atoms with van der Waals surface area (Å²) < 4.78 is 5.71. The molecule has 29 heavy (non-hydrogen) atoms. The van der Waals surface area contributed by atoms with E-state index in [1.807, 2.05) is 18.2 Å². The van der Waals surface area contributed by atoms with Gasteiger partial charge >= 0.3 is 5.97 Å². The third-order valence-corrected chi connectivity index (χ3v) is 4.24. The molecule has 3 aromatic carbocycles. The van der Waals surface area contributed by atoms with Gasteiger partial charge in [-0.1, -0.05) is 54.1 Å². The van der Waals surface area contributed by atoms with Crippen molar-refractivity contribution in [2.45, 2.75) is 6.61 Å². The molecule has 0 saturated carbocycles. The number of halogens is 1. The molecule has 3 aromatic rings. The number of carboxylic acid groups (broad SMARTS) is 1. The molecular weight excluding hydrogens is 390 g/mol. The SMILES string of the molecule is O=C(O)/C(=C/c1ccc(OCc2cccc(Cl)c2)cc1)NC(=O)c1ccccc1. The number of carbonyl (C=O) groups is 2. The van der Waals surface area contributed by atoms with Gasteiger partial charge in [-0.15, -0.1) is 0 Å². The van der Waals surface area contributed by atoms with E-state index in [9.17, 15) is 14.7 Å². The Morgan fingerprint density at radius 3 is 2.34 bits per heavy atom. The monoisotopic (exact) mass is 407 g/mol. The molecule has 0 atom stereocenters. The third kappa shape index (κ3) is 5.96. The molecule has 5 nitrogen and oxygen atoms in total. The van der Waals surface area contributed by atoms with E-state index in [4.69, 9.17) is 16.3 Å². The Balaban J connectivity index is 1.67. The highest BCUT2D eigenvalue weighted by Gasteiger charge is 2.13. The Kier molecular flexibility index (Phi) is 6.66. The number of rotatable bonds is 7. The number of ether oxygens (including phenoxy) is 1. The van der Waals surface area contributed by atoms with Crippen molar-refractivity contribution in [2.75, 3.05) is 0 Å². The van der Waals surface area contributed by atoms with Crippen LogP contribution in [0.1, 0.15) is 21.5 Å². The van der Waals surface area contributed by atoms with E-state index in [0.717, 1.165) is 5.56 Å². The molecule has 0 aliphatic rings. The van der Waals surface area contributed by atoms with Gasteiger partial charge in [0.15, 0.2) is 0 Å². The van der Waals surface area contributed by atoms with Crippen LogP contribution in [-0.2, 0) is 11.4 Å². The van der Waals surface area contributed by atoms with Crippen molar-refractivity contribution in [3.05, 3.63) is 106 Å². The van der Waals surface area contributed by atoms with Crippen LogP contribution >= 0.6 is 11.6 Å². The largest absolute Gasteiger partial charge is 0.489 e. The second kappa shape index (κ2) is 9.57. The maximum Gasteiger partial charge on any atom is 0.352 e. The average Bonchev–Trinajstić information content (AvgIpc) is 2.73. The summed E-state index contributed by atoms with van der Waals surface area (Å²) in [5.41, 5.74) is 1.72. The molecule has 3 rings (SSSR count). The van der Waals surface area contributed by atoms with E-state index in [0.29, 0.717) is 28.5 Å². The number of carbonyl (C=O) groups excluding carboxylic acids is 1. The van der Waals surface area contributed by atoms with Crippen molar-refractivity contribution in [3.63, 3.8) is 0 Å². The summed E-state index contributed by atoms with van der Waals surface area (Å²) in [6, 6.07) is 22.7. The number of hydrogen-bond acceptors (Lipinski definition) is 3. The number of nitrogens with one attached hydrogen (secondary N) is 1. The summed E-state index contributed by atoms with van der Waals surface area (Å²) in [5, 5.41) is 12.5. The molecule has 6 heteroatoms. The first-order valence-electron chi connectivity index (χ1n) is 8.80. The van der Waals surface area contributed by atoms with E-state index in [-0.39, 0.29) is 5.70 Å². The predicted octanol–water partition coefficient (Wildman–Crippen LogP) is 4.77. The molecule has 0 bridgehead atoms. The Bertz CT molecular complexity index is 1030. The molecule has 0 fully saturated rings. The number of carboxylic acids is 1. The van der Waals surface area contributed by atoms with Crippen molar-refractivity contribution in [1.29, 1.82) is 0 Å². The van der Waals surface area contributed by atoms with Crippen molar-refractivity contribution in [3.8, 4) is 5.75 Å². The first-order chi connectivity index (χ1) is 14.0. The molecular formula is C23H18ClNO4. The molecule has 0 aliphatic carbocycles. The van der Waals surface area contributed by atoms with Gasteiger partial charge < -0.3 is 15.2 Å². The van der Waals surface area contributed by atoms with Crippen LogP contribution in [-0.4, -0.2) is 17.0 Å². The van der Waals surface area contributed by atoms with Crippen molar-refractivity contribution in [2.24, 2.45) is 0 Å². The van der Waals surface area contributed by atoms with Crippen LogP contribution in [0.3, 0.4) is 0 Å². The van der Waals surface area contributed by atoms with Gasteiger partial charge in [0.05, 0.1) is 0 Å². The summed E-state index contributed by atoms with van der Waals surface area (Å²) in [7, 11) is 0. The molecule has 0 unspecified atom stereocenters. The minimum absolute atomic E-state index is 0.216. The van der Waals surface area contributed by atoms with Crippen molar-refractivity contribution < 1.29 is 19.4 Å². The highest BCUT2D eigenvalue weighted by Crippen LogP contribution is 2.17. The van der Waals surface area contributed by atoms with Crippen LogP contribution in [0, 0.1) is 0 Å². The fraction of sp³-hybridized carbons (Fsp3) is 0.0435. The average molecular weight is 408 g/mol. The lowest BCUT2D eigenvalue weighted by Gasteiger charge is -2.08. The standard InChI is InChI=1S/C23H18ClNO4/c24-19-8-4-5-17(13-19)15-29-20-11-9-16(10-12-20)14-21(23(27)28)25-22(26)18-6-2-1-3-7-18/h1-14H,15H2,(H,25,26)(H,27,28)/b21-14-. The zero-order valence-electron chi connectivity index (χ0n) is 15.3. The second-order valence-corrected chi connectivity index (χ2v) is 6.61. The van der Waals surface area contributed by atoms with Gasteiger partial charge in [-0.05, 0) is 53.6 Å². The van der Waals surface area contributed by atoms with Gasteiger partial charge in [0.1, 0.15) is 18.1 Å². The second-order valence-electron chi connectivity index (χ2n) is 6.17. The number of aliphatic carboxylic acids is 1. The Morgan fingerprint density at radius 2 is 1.69 bits per heavy atom. The molecule has 146 valence electrons. The van der Waals surface area contributed by atoms with E-state index >= 15 is 0 Å². The molecule has 0 saturated heterocycles. The van der Waals surface area contributed by atoms with Gasteiger partial charge in [-0.3, -0.25) is 4.79 Å². The number of benzene rings is 3. The van der Waals surface area contributed by atoms with Crippen molar-refractivity contribution >= 4 is 29.6 Å². The minimum Gasteiger partial charge on any atom is -0.489 e. The van der Waals surface area contributed by atoms with Crippen LogP contribution in [0.2, 0.25) is 5.02 Å². The smallest absolute Gasteiger partial charge is 0.352 e. The molecule has 0 spiro atoms. The first-order valence-corrected chi connectivity index (χ1v) is 9.18. The summed E-state index contributed by atoms with van der Waals surface area (Å²) >= 11 is 5.96. The molecule has 0 radical (unpaired) electrons. The minimum atomic E-state index is -1.23. The lowest BCUT2D eigenvalue weighted by molar-refractivity contribution is -0.132. The summed E-state index contributed by atoms with van der Waals surface area (Å²) in [6.07, 6.45) is 1.39. The quantitative estimate of drug-likeness (QED) is 0.553. The highest BCUT2D eigenvalue weighted by atomic mass is 35.5. The molecule has 0 aromatic heterocycles. The predicted molar refractivity (Wildman–Crippen MR) is 112 cm³/mol. The Morgan fingerprint density at radius 1 is 0.966 bits per heavy atom. The summed E-state index contributed by atoms with van der Waals surface area (Å²) in [5.74, 6) is -1.08. The van der Waals surface area contributed by atoms with E-state index in [2.05, 4.69) is 5.32 Å². The fourth-order valence-corrected chi connectivity index (χ4v) is 2.77. The third-order valence-electron chi connectivity index (χ3n) is 4.00.